The number of carboxylic acid groups (broad SMARTS) is 1. The summed E-state index contributed by atoms with van der Waals surface area (Å²) in [4.78, 5) is 26.3. The maximum absolute atomic E-state index is 12.0. The number of aliphatic carboxylic acids is 1. The third-order valence-electron chi connectivity index (χ3n) is 2.75. The third kappa shape index (κ3) is 4.58. The zero-order valence-corrected chi connectivity index (χ0v) is 11.2. The largest absolute Gasteiger partial charge is 0.480 e. The van der Waals surface area contributed by atoms with E-state index in [0.29, 0.717) is 11.3 Å². The van der Waals surface area contributed by atoms with Gasteiger partial charge >= 0.3 is 5.97 Å². The lowest BCUT2D eigenvalue weighted by Crippen LogP contribution is -2.12. The Bertz CT molecular complexity index is 649. The van der Waals surface area contributed by atoms with E-state index in [0.717, 1.165) is 5.56 Å². The Morgan fingerprint density at radius 1 is 1.10 bits per heavy atom. The van der Waals surface area contributed by atoms with Crippen LogP contribution in [0.15, 0.2) is 54.9 Å². The molecule has 0 fully saturated rings. The number of hydrogen-bond acceptors (Lipinski definition) is 4. The van der Waals surface area contributed by atoms with Gasteiger partial charge < -0.3 is 10.4 Å². The first kappa shape index (κ1) is 14.5. The first-order chi connectivity index (χ1) is 10.1. The number of nitrogens with zero attached hydrogens (tertiary/aromatic N) is 1. The summed E-state index contributed by atoms with van der Waals surface area (Å²) in [6.07, 6.45) is 6.54. The molecule has 2 rings (SSSR count). The fourth-order valence-corrected chi connectivity index (χ4v) is 1.67. The lowest BCUT2D eigenvalue weighted by molar-refractivity contribution is -0.134. The summed E-state index contributed by atoms with van der Waals surface area (Å²) in [6, 6.07) is 10.3. The van der Waals surface area contributed by atoms with Gasteiger partial charge in [-0.2, -0.15) is 0 Å². The maximum atomic E-state index is 12.0. The number of aromatic nitrogens is 1. The summed E-state index contributed by atoms with van der Waals surface area (Å²) in [6.45, 7) is -0.158. The summed E-state index contributed by atoms with van der Waals surface area (Å²) >= 11 is 0. The van der Waals surface area contributed by atoms with Crippen LogP contribution in [0.2, 0.25) is 0 Å². The van der Waals surface area contributed by atoms with Crippen LogP contribution in [0.3, 0.4) is 0 Å². The van der Waals surface area contributed by atoms with Crippen molar-refractivity contribution in [3.63, 3.8) is 0 Å². The summed E-state index contributed by atoms with van der Waals surface area (Å²) in [7, 11) is 0. The first-order valence-corrected chi connectivity index (χ1v) is 6.33. The smallest absolute Gasteiger partial charge is 0.322 e. The van der Waals surface area contributed by atoms with Gasteiger partial charge in [-0.25, -0.2) is 0 Å². The van der Waals surface area contributed by atoms with Crippen LogP contribution in [0, 0.1) is 0 Å². The predicted octanol–water partition coefficient (Wildman–Crippen LogP) is 2.47. The molecular formula is C16H14N2O3. The van der Waals surface area contributed by atoms with Crippen molar-refractivity contribution in [1.29, 1.82) is 0 Å². The van der Waals surface area contributed by atoms with Gasteiger partial charge in [0.2, 0.25) is 0 Å². The number of carboxylic acids is 1. The third-order valence-corrected chi connectivity index (χ3v) is 2.75. The Morgan fingerprint density at radius 3 is 2.38 bits per heavy atom. The number of anilines is 1. The molecule has 0 aliphatic carbocycles. The Kier molecular flexibility index (Phi) is 4.82. The van der Waals surface area contributed by atoms with Crippen molar-refractivity contribution in [1.82, 2.24) is 4.98 Å². The molecule has 0 atom stereocenters. The molecule has 0 aliphatic heterocycles. The molecule has 106 valence electrons. The average molecular weight is 282 g/mol. The van der Waals surface area contributed by atoms with E-state index in [-0.39, 0.29) is 12.3 Å². The Hall–Kier alpha value is -2.95. The van der Waals surface area contributed by atoms with Crippen LogP contribution in [0.25, 0.3) is 6.08 Å². The molecule has 1 aromatic heterocycles. The van der Waals surface area contributed by atoms with Gasteiger partial charge in [0.05, 0.1) is 0 Å². The van der Waals surface area contributed by atoms with Crippen molar-refractivity contribution >= 4 is 23.5 Å². The minimum absolute atomic E-state index is 0.114. The van der Waals surface area contributed by atoms with Crippen molar-refractivity contribution in [2.45, 2.75) is 0 Å². The molecule has 21 heavy (non-hydrogen) atoms. The Balaban J connectivity index is 2.00. The number of nitrogens with one attached hydrogen (secondary N) is 1. The molecule has 0 radical (unpaired) electrons. The van der Waals surface area contributed by atoms with Crippen LogP contribution in [0.4, 0.5) is 5.69 Å². The Labute approximate surface area is 122 Å². The molecule has 2 aromatic rings. The zero-order chi connectivity index (χ0) is 15.1. The van der Waals surface area contributed by atoms with E-state index in [4.69, 9.17) is 5.11 Å². The number of allylic oxidation sites excluding steroid dienone is 1. The molecule has 0 amide bonds. The van der Waals surface area contributed by atoms with Crippen molar-refractivity contribution in [3.8, 4) is 0 Å². The fraction of sp³-hybridized carbons (Fsp3) is 0.0625. The molecule has 1 heterocycles. The van der Waals surface area contributed by atoms with Gasteiger partial charge in [0.25, 0.3) is 0 Å². The predicted molar refractivity (Wildman–Crippen MR) is 80.2 cm³/mol. The quantitative estimate of drug-likeness (QED) is 0.628. The van der Waals surface area contributed by atoms with E-state index in [1.807, 2.05) is 12.1 Å². The lowest BCUT2D eigenvalue weighted by Gasteiger charge is -2.03. The topological polar surface area (TPSA) is 79.3 Å². The van der Waals surface area contributed by atoms with Crippen LogP contribution < -0.4 is 5.32 Å². The highest BCUT2D eigenvalue weighted by Gasteiger charge is 2.02. The minimum Gasteiger partial charge on any atom is -0.480 e. The molecule has 5 nitrogen and oxygen atoms in total. The van der Waals surface area contributed by atoms with Crippen molar-refractivity contribution < 1.29 is 14.7 Å². The van der Waals surface area contributed by atoms with Gasteiger partial charge in [-0.15, -0.1) is 0 Å². The first-order valence-electron chi connectivity index (χ1n) is 6.33. The van der Waals surface area contributed by atoms with E-state index in [2.05, 4.69) is 10.3 Å². The van der Waals surface area contributed by atoms with Gasteiger partial charge in [-0.1, -0.05) is 6.08 Å². The molecular weight excluding hydrogens is 268 g/mol. The van der Waals surface area contributed by atoms with Gasteiger partial charge in [-0.05, 0) is 48.0 Å². The SMILES string of the molecule is O=C(O)CNc1ccc(C(=O)/C=C/c2ccncc2)cc1. The summed E-state index contributed by atoms with van der Waals surface area (Å²) in [5.74, 6) is -1.05. The van der Waals surface area contributed by atoms with E-state index in [9.17, 15) is 9.59 Å². The fourth-order valence-electron chi connectivity index (χ4n) is 1.67. The van der Waals surface area contributed by atoms with Crippen LogP contribution in [0.5, 0.6) is 0 Å². The van der Waals surface area contributed by atoms with Crippen LogP contribution in [-0.4, -0.2) is 28.4 Å². The molecule has 2 N–H and O–H groups in total. The standard InChI is InChI=1S/C16H14N2O3/c19-15(6-1-12-7-9-17-10-8-12)13-2-4-14(5-3-13)18-11-16(20)21/h1-10,18H,11H2,(H,20,21)/b6-1+. The van der Waals surface area contributed by atoms with Crippen LogP contribution in [-0.2, 0) is 4.79 Å². The molecule has 0 saturated heterocycles. The highest BCUT2D eigenvalue weighted by atomic mass is 16.4. The second-order valence-corrected chi connectivity index (χ2v) is 4.30. The summed E-state index contributed by atoms with van der Waals surface area (Å²) in [5, 5.41) is 11.3. The average Bonchev–Trinajstić information content (AvgIpc) is 2.52. The molecule has 1 aromatic carbocycles. The van der Waals surface area contributed by atoms with E-state index < -0.39 is 5.97 Å². The highest BCUT2D eigenvalue weighted by Crippen LogP contribution is 2.11. The lowest BCUT2D eigenvalue weighted by atomic mass is 10.1. The van der Waals surface area contributed by atoms with Gasteiger partial charge in [0.15, 0.2) is 5.78 Å². The van der Waals surface area contributed by atoms with Gasteiger partial charge in [0, 0.05) is 23.6 Å². The number of benzene rings is 1. The number of carbonyl (C=O) groups is 2. The minimum atomic E-state index is -0.935. The molecule has 5 heteroatoms. The number of rotatable bonds is 6. The zero-order valence-electron chi connectivity index (χ0n) is 11.2. The van der Waals surface area contributed by atoms with E-state index in [1.54, 1.807) is 42.7 Å². The van der Waals surface area contributed by atoms with Gasteiger partial charge in [0.1, 0.15) is 6.54 Å². The monoisotopic (exact) mass is 282 g/mol. The molecule has 0 saturated carbocycles. The number of ketones is 1. The molecule has 0 bridgehead atoms. The van der Waals surface area contributed by atoms with Gasteiger partial charge in [-0.3, -0.25) is 14.6 Å². The van der Waals surface area contributed by atoms with Crippen molar-refractivity contribution in [3.05, 3.63) is 66.0 Å². The number of carbonyl (C=O) groups excluding carboxylic acids is 1. The van der Waals surface area contributed by atoms with E-state index >= 15 is 0 Å². The second kappa shape index (κ2) is 7.00. The molecule has 0 unspecified atom stereocenters. The van der Waals surface area contributed by atoms with Crippen LogP contribution in [0.1, 0.15) is 15.9 Å². The summed E-state index contributed by atoms with van der Waals surface area (Å²) < 4.78 is 0. The number of hydrogen-bond donors (Lipinski definition) is 2. The van der Waals surface area contributed by atoms with Crippen LogP contribution >= 0.6 is 0 Å². The summed E-state index contributed by atoms with van der Waals surface area (Å²) in [5.41, 5.74) is 2.10. The van der Waals surface area contributed by atoms with Crippen molar-refractivity contribution in [2.75, 3.05) is 11.9 Å². The van der Waals surface area contributed by atoms with Crippen molar-refractivity contribution in [2.24, 2.45) is 0 Å². The highest BCUT2D eigenvalue weighted by molar-refractivity contribution is 6.06. The molecule has 0 aliphatic rings. The van der Waals surface area contributed by atoms with E-state index in [1.165, 1.54) is 6.08 Å². The maximum Gasteiger partial charge on any atom is 0.322 e. The normalized spacial score (nSPS) is 10.5. The number of pyridine rings is 1. The molecule has 0 spiro atoms. The Morgan fingerprint density at radius 2 is 1.76 bits per heavy atom. The second-order valence-electron chi connectivity index (χ2n) is 4.30.